The summed E-state index contributed by atoms with van der Waals surface area (Å²) in [4.78, 5) is 14.5. The van der Waals surface area contributed by atoms with Crippen molar-refractivity contribution in [2.45, 2.75) is 38.8 Å². The Kier molecular flexibility index (Phi) is 6.86. The van der Waals surface area contributed by atoms with E-state index in [4.69, 9.17) is 4.74 Å². The van der Waals surface area contributed by atoms with Crippen molar-refractivity contribution in [1.29, 1.82) is 0 Å². The Morgan fingerprint density at radius 1 is 1.35 bits per heavy atom. The Hall–Kier alpha value is -1.59. The third kappa shape index (κ3) is 5.52. The van der Waals surface area contributed by atoms with Gasteiger partial charge in [-0.1, -0.05) is 19.1 Å². The van der Waals surface area contributed by atoms with Gasteiger partial charge in [-0.2, -0.15) is 0 Å². The van der Waals surface area contributed by atoms with Gasteiger partial charge in [-0.05, 0) is 50.0 Å². The number of nitrogens with one attached hydrogen (secondary N) is 1. The lowest BCUT2D eigenvalue weighted by atomic mass is 9.95. The molecule has 0 spiro atoms. The number of benzene rings is 1. The third-order valence-electron chi connectivity index (χ3n) is 4.52. The first-order valence-corrected chi connectivity index (χ1v) is 8.43. The molecule has 0 aliphatic carbocycles. The van der Waals surface area contributed by atoms with Crippen molar-refractivity contribution in [1.82, 2.24) is 10.2 Å². The van der Waals surface area contributed by atoms with Crippen LogP contribution in [0, 0.1) is 5.92 Å². The maximum absolute atomic E-state index is 12.3. The van der Waals surface area contributed by atoms with Gasteiger partial charge in [-0.15, -0.1) is 0 Å². The Bertz CT molecular complexity index is 482. The lowest BCUT2D eigenvalue weighted by Crippen LogP contribution is -2.42. The van der Waals surface area contributed by atoms with Gasteiger partial charge in [0.25, 0.3) is 0 Å². The number of methoxy groups -OCH3 is 1. The Balaban J connectivity index is 1.72. The van der Waals surface area contributed by atoms with Crippen molar-refractivity contribution in [3.63, 3.8) is 0 Å². The summed E-state index contributed by atoms with van der Waals surface area (Å²) in [5, 5.41) is 12.7. The molecule has 1 unspecified atom stereocenters. The van der Waals surface area contributed by atoms with Crippen molar-refractivity contribution in [2.24, 2.45) is 5.92 Å². The fourth-order valence-electron chi connectivity index (χ4n) is 2.88. The van der Waals surface area contributed by atoms with E-state index in [0.29, 0.717) is 6.54 Å². The highest BCUT2D eigenvalue weighted by Crippen LogP contribution is 2.18. The highest BCUT2D eigenvalue weighted by atomic mass is 16.5. The molecular weight excluding hydrogens is 292 g/mol. The molecule has 5 nitrogen and oxygen atoms in total. The van der Waals surface area contributed by atoms with Crippen molar-refractivity contribution >= 4 is 5.91 Å². The predicted molar refractivity (Wildman–Crippen MR) is 90.3 cm³/mol. The van der Waals surface area contributed by atoms with Crippen molar-refractivity contribution in [2.75, 3.05) is 26.7 Å². The second-order valence-electron chi connectivity index (χ2n) is 6.20. The van der Waals surface area contributed by atoms with E-state index in [9.17, 15) is 9.90 Å². The molecule has 1 aliphatic heterocycles. The molecule has 1 aromatic carbocycles. The van der Waals surface area contributed by atoms with Crippen LogP contribution < -0.4 is 10.1 Å². The quantitative estimate of drug-likeness (QED) is 0.804. The molecule has 0 aromatic heterocycles. The number of rotatable bonds is 7. The zero-order valence-corrected chi connectivity index (χ0v) is 14.1. The minimum atomic E-state index is -0.254. The fourth-order valence-corrected chi connectivity index (χ4v) is 2.88. The van der Waals surface area contributed by atoms with Gasteiger partial charge < -0.3 is 20.1 Å². The van der Waals surface area contributed by atoms with Gasteiger partial charge in [-0.3, -0.25) is 4.79 Å². The minimum Gasteiger partial charge on any atom is -0.497 e. The molecule has 1 atom stereocenters. The van der Waals surface area contributed by atoms with Crippen LogP contribution in [0.5, 0.6) is 5.75 Å². The number of carbonyl (C=O) groups excluding carboxylic acids is 1. The number of ether oxygens (including phenoxy) is 1. The highest BCUT2D eigenvalue weighted by molar-refractivity contribution is 5.78. The van der Waals surface area contributed by atoms with E-state index in [0.717, 1.165) is 50.2 Å². The number of aliphatic hydroxyl groups is 1. The summed E-state index contributed by atoms with van der Waals surface area (Å²) in [7, 11) is 1.64. The Morgan fingerprint density at radius 3 is 2.57 bits per heavy atom. The van der Waals surface area contributed by atoms with Crippen molar-refractivity contribution in [3.05, 3.63) is 29.8 Å². The van der Waals surface area contributed by atoms with Crippen LogP contribution in [0.2, 0.25) is 0 Å². The number of aliphatic hydroxyl groups excluding tert-OH is 1. The average molecular weight is 320 g/mol. The predicted octanol–water partition coefficient (Wildman–Crippen LogP) is 1.79. The number of likely N-dealkylation sites (tertiary alicyclic amines) is 1. The zero-order valence-electron chi connectivity index (χ0n) is 14.1. The summed E-state index contributed by atoms with van der Waals surface area (Å²) >= 11 is 0. The standard InChI is InChI=1S/C18H28N2O3/c1-3-16(21)13-20-10-8-15(9-11-20)18(22)19-12-14-4-6-17(23-2)7-5-14/h4-7,15-16,21H,3,8-13H2,1-2H3,(H,19,22). The first-order valence-electron chi connectivity index (χ1n) is 8.43. The van der Waals surface area contributed by atoms with Crippen LogP contribution in [0.3, 0.4) is 0 Å². The normalized spacial score (nSPS) is 17.7. The number of hydrogen-bond donors (Lipinski definition) is 2. The molecule has 5 heteroatoms. The van der Waals surface area contributed by atoms with Crippen molar-refractivity contribution in [3.8, 4) is 5.75 Å². The third-order valence-corrected chi connectivity index (χ3v) is 4.52. The lowest BCUT2D eigenvalue weighted by molar-refractivity contribution is -0.126. The van der Waals surface area contributed by atoms with Crippen LogP contribution in [0.4, 0.5) is 0 Å². The van der Waals surface area contributed by atoms with Gasteiger partial charge in [-0.25, -0.2) is 0 Å². The van der Waals surface area contributed by atoms with E-state index in [1.807, 2.05) is 31.2 Å². The molecule has 1 aliphatic rings. The lowest BCUT2D eigenvalue weighted by Gasteiger charge is -2.32. The highest BCUT2D eigenvalue weighted by Gasteiger charge is 2.25. The van der Waals surface area contributed by atoms with E-state index in [2.05, 4.69) is 10.2 Å². The van der Waals surface area contributed by atoms with Crippen LogP contribution in [0.25, 0.3) is 0 Å². The summed E-state index contributed by atoms with van der Waals surface area (Å²) in [6.07, 6.45) is 2.26. The molecule has 0 bridgehead atoms. The summed E-state index contributed by atoms with van der Waals surface area (Å²) in [5.41, 5.74) is 1.07. The zero-order chi connectivity index (χ0) is 16.7. The van der Waals surface area contributed by atoms with E-state index < -0.39 is 0 Å². The molecule has 23 heavy (non-hydrogen) atoms. The molecule has 1 saturated heterocycles. The van der Waals surface area contributed by atoms with Crippen LogP contribution >= 0.6 is 0 Å². The maximum Gasteiger partial charge on any atom is 0.223 e. The van der Waals surface area contributed by atoms with Crippen LogP contribution in [-0.2, 0) is 11.3 Å². The second-order valence-corrected chi connectivity index (χ2v) is 6.20. The first kappa shape index (κ1) is 17.8. The van der Waals surface area contributed by atoms with E-state index in [1.165, 1.54) is 0 Å². The van der Waals surface area contributed by atoms with Gasteiger partial charge in [0.05, 0.1) is 13.2 Å². The summed E-state index contributed by atoms with van der Waals surface area (Å²) in [6.45, 7) is 5.04. The monoisotopic (exact) mass is 320 g/mol. The van der Waals surface area contributed by atoms with E-state index in [1.54, 1.807) is 7.11 Å². The van der Waals surface area contributed by atoms with E-state index >= 15 is 0 Å². The maximum atomic E-state index is 12.3. The number of hydrogen-bond acceptors (Lipinski definition) is 4. The number of carbonyl (C=O) groups is 1. The van der Waals surface area contributed by atoms with Crippen LogP contribution in [-0.4, -0.2) is 48.8 Å². The molecular formula is C18H28N2O3. The van der Waals surface area contributed by atoms with E-state index in [-0.39, 0.29) is 17.9 Å². The molecule has 0 radical (unpaired) electrons. The summed E-state index contributed by atoms with van der Waals surface area (Å²) in [6, 6.07) is 7.74. The van der Waals surface area contributed by atoms with Crippen molar-refractivity contribution < 1.29 is 14.6 Å². The van der Waals surface area contributed by atoms with Crippen LogP contribution in [0.15, 0.2) is 24.3 Å². The molecule has 0 saturated carbocycles. The average Bonchev–Trinajstić information content (AvgIpc) is 2.60. The number of nitrogens with zero attached hydrogens (tertiary/aromatic N) is 1. The topological polar surface area (TPSA) is 61.8 Å². The molecule has 2 N–H and O–H groups in total. The first-order chi connectivity index (χ1) is 11.1. The molecule has 1 fully saturated rings. The SMILES string of the molecule is CCC(O)CN1CCC(C(=O)NCc2ccc(OC)cc2)CC1. The number of piperidine rings is 1. The second kappa shape index (κ2) is 8.89. The van der Waals surface area contributed by atoms with Gasteiger partial charge in [0.15, 0.2) is 0 Å². The minimum absolute atomic E-state index is 0.0864. The summed E-state index contributed by atoms with van der Waals surface area (Å²) < 4.78 is 5.13. The van der Waals surface area contributed by atoms with Gasteiger partial charge in [0, 0.05) is 19.0 Å². The van der Waals surface area contributed by atoms with Gasteiger partial charge in [0.2, 0.25) is 5.91 Å². The molecule has 2 rings (SSSR count). The summed E-state index contributed by atoms with van der Waals surface area (Å²) in [5.74, 6) is 1.04. The molecule has 1 heterocycles. The number of amides is 1. The Morgan fingerprint density at radius 2 is 2.00 bits per heavy atom. The Labute approximate surface area is 138 Å². The smallest absolute Gasteiger partial charge is 0.223 e. The fraction of sp³-hybridized carbons (Fsp3) is 0.611. The molecule has 128 valence electrons. The molecule has 1 aromatic rings. The molecule has 1 amide bonds. The van der Waals surface area contributed by atoms with Gasteiger partial charge in [0.1, 0.15) is 5.75 Å². The van der Waals surface area contributed by atoms with Crippen LogP contribution in [0.1, 0.15) is 31.7 Å². The van der Waals surface area contributed by atoms with Gasteiger partial charge >= 0.3 is 0 Å². The largest absolute Gasteiger partial charge is 0.497 e. The number of β-amino-alcohol motifs (C(OH)–C–C–N with tert-alkyl or cyclic N) is 1.